The number of benzene rings is 1. The van der Waals surface area contributed by atoms with Crippen LogP contribution in [-0.2, 0) is 15.0 Å². The van der Waals surface area contributed by atoms with Crippen molar-refractivity contribution in [3.05, 3.63) is 35.4 Å². The van der Waals surface area contributed by atoms with Gasteiger partial charge in [-0.2, -0.15) is 12.7 Å². The predicted molar refractivity (Wildman–Crippen MR) is 77.2 cm³/mol. The highest BCUT2D eigenvalue weighted by molar-refractivity contribution is 7.87. The number of nitrogens with zero attached hydrogens (tertiary/aromatic N) is 1. The molecule has 8 heteroatoms. The molecule has 1 aromatic carbocycles. The Balaban J connectivity index is 2.06. The number of amides is 1. The third-order valence-corrected chi connectivity index (χ3v) is 5.41. The van der Waals surface area contributed by atoms with E-state index in [0.717, 1.165) is 22.5 Å². The van der Waals surface area contributed by atoms with Crippen molar-refractivity contribution >= 4 is 16.1 Å². The zero-order valence-electron chi connectivity index (χ0n) is 12.3. The minimum atomic E-state index is -3.88. The average molecular weight is 332 g/mol. The third-order valence-electron chi connectivity index (χ3n) is 3.76. The minimum Gasteiger partial charge on any atom is -0.274 e. The summed E-state index contributed by atoms with van der Waals surface area (Å²) >= 11 is 0. The van der Waals surface area contributed by atoms with Crippen LogP contribution in [0.4, 0.5) is 8.78 Å². The van der Waals surface area contributed by atoms with E-state index < -0.39 is 39.6 Å². The zero-order chi connectivity index (χ0) is 16.5. The van der Waals surface area contributed by atoms with Crippen LogP contribution in [0.15, 0.2) is 18.2 Å². The van der Waals surface area contributed by atoms with Gasteiger partial charge >= 0.3 is 10.2 Å². The van der Waals surface area contributed by atoms with Gasteiger partial charge in [0.15, 0.2) is 0 Å². The fraction of sp³-hybridized carbons (Fsp3) is 0.500. The Hall–Kier alpha value is -1.54. The van der Waals surface area contributed by atoms with Gasteiger partial charge in [-0.05, 0) is 36.1 Å². The first kappa shape index (κ1) is 16.8. The van der Waals surface area contributed by atoms with Gasteiger partial charge in [-0.25, -0.2) is 13.5 Å². The molecule has 1 saturated carbocycles. The number of halogens is 2. The van der Waals surface area contributed by atoms with Crippen LogP contribution in [0.5, 0.6) is 0 Å². The van der Waals surface area contributed by atoms with Crippen molar-refractivity contribution in [2.75, 3.05) is 13.1 Å². The van der Waals surface area contributed by atoms with Crippen LogP contribution in [0, 0.1) is 17.6 Å². The molecule has 2 atom stereocenters. The van der Waals surface area contributed by atoms with Crippen molar-refractivity contribution in [2.45, 2.75) is 26.2 Å². The Kier molecular flexibility index (Phi) is 4.81. The number of hydrogen-bond acceptors (Lipinski definition) is 3. The van der Waals surface area contributed by atoms with Gasteiger partial charge in [0.2, 0.25) is 5.91 Å². The number of nitrogens with one attached hydrogen (secondary N) is 1. The Morgan fingerprint density at radius 2 is 1.95 bits per heavy atom. The number of carbonyl (C=O) groups is 1. The van der Waals surface area contributed by atoms with E-state index in [-0.39, 0.29) is 18.7 Å². The normalized spacial score (nSPS) is 21.0. The molecule has 5 nitrogen and oxygen atoms in total. The highest BCUT2D eigenvalue weighted by Crippen LogP contribution is 2.48. The number of carbonyl (C=O) groups excluding carboxylic acids is 1. The molecule has 0 aromatic heterocycles. The standard InChI is InChI=1S/C14H18F2N2O3S/c1-3-18(4-2)22(20,21)17-14(19)12-8-10(12)11-7-9(15)5-6-13(11)16/h5-7,10,12H,3-4,8H2,1-2H3,(H,17,19)/t10-,12+/m0/s1. The molecule has 0 bridgehead atoms. The van der Waals surface area contributed by atoms with Crippen LogP contribution in [0.1, 0.15) is 31.7 Å². The van der Waals surface area contributed by atoms with Crippen molar-refractivity contribution < 1.29 is 22.0 Å². The largest absolute Gasteiger partial charge is 0.303 e. The molecule has 122 valence electrons. The highest BCUT2D eigenvalue weighted by Gasteiger charge is 2.46. The summed E-state index contributed by atoms with van der Waals surface area (Å²) in [5.41, 5.74) is 0.111. The van der Waals surface area contributed by atoms with E-state index in [2.05, 4.69) is 0 Å². The molecule has 1 aliphatic rings. The average Bonchev–Trinajstić information content (AvgIpc) is 3.22. The van der Waals surface area contributed by atoms with Gasteiger partial charge in [0, 0.05) is 19.0 Å². The summed E-state index contributed by atoms with van der Waals surface area (Å²) in [6.45, 7) is 3.81. The summed E-state index contributed by atoms with van der Waals surface area (Å²) in [6, 6.07) is 3.05. The topological polar surface area (TPSA) is 66.5 Å². The van der Waals surface area contributed by atoms with Crippen LogP contribution < -0.4 is 4.72 Å². The van der Waals surface area contributed by atoms with E-state index in [1.54, 1.807) is 13.8 Å². The Morgan fingerprint density at radius 1 is 1.32 bits per heavy atom. The molecule has 1 aromatic rings. The van der Waals surface area contributed by atoms with Crippen molar-refractivity contribution in [1.29, 1.82) is 0 Å². The van der Waals surface area contributed by atoms with E-state index in [1.807, 2.05) is 4.72 Å². The smallest absolute Gasteiger partial charge is 0.274 e. The summed E-state index contributed by atoms with van der Waals surface area (Å²) in [7, 11) is -3.88. The van der Waals surface area contributed by atoms with E-state index in [4.69, 9.17) is 0 Å². The number of rotatable bonds is 6. The van der Waals surface area contributed by atoms with Crippen molar-refractivity contribution in [3.63, 3.8) is 0 Å². The van der Waals surface area contributed by atoms with Gasteiger partial charge in [-0.15, -0.1) is 0 Å². The fourth-order valence-corrected chi connectivity index (χ4v) is 3.67. The van der Waals surface area contributed by atoms with E-state index >= 15 is 0 Å². The lowest BCUT2D eigenvalue weighted by atomic mass is 10.1. The quantitative estimate of drug-likeness (QED) is 0.863. The molecule has 0 aliphatic heterocycles. The second-order valence-electron chi connectivity index (χ2n) is 5.17. The summed E-state index contributed by atoms with van der Waals surface area (Å²) in [4.78, 5) is 12.0. The summed E-state index contributed by atoms with van der Waals surface area (Å²) < 4.78 is 53.8. The maximum Gasteiger partial charge on any atom is 0.303 e. The molecule has 0 unspecified atom stereocenters. The van der Waals surface area contributed by atoms with Gasteiger partial charge in [0.1, 0.15) is 11.6 Å². The molecule has 0 heterocycles. The predicted octanol–water partition coefficient (Wildman–Crippen LogP) is 1.77. The molecule has 1 fully saturated rings. The van der Waals surface area contributed by atoms with Gasteiger partial charge < -0.3 is 0 Å². The van der Waals surface area contributed by atoms with Crippen molar-refractivity contribution in [1.82, 2.24) is 9.03 Å². The van der Waals surface area contributed by atoms with Gasteiger partial charge in [-0.1, -0.05) is 13.8 Å². The van der Waals surface area contributed by atoms with Crippen molar-refractivity contribution in [3.8, 4) is 0 Å². The molecule has 2 rings (SSSR count). The molecule has 0 spiro atoms. The maximum absolute atomic E-state index is 13.6. The Morgan fingerprint density at radius 3 is 2.55 bits per heavy atom. The lowest BCUT2D eigenvalue weighted by Gasteiger charge is -2.18. The zero-order valence-corrected chi connectivity index (χ0v) is 13.2. The van der Waals surface area contributed by atoms with Crippen LogP contribution in [0.2, 0.25) is 0 Å². The van der Waals surface area contributed by atoms with Crippen LogP contribution in [0.3, 0.4) is 0 Å². The summed E-state index contributed by atoms with van der Waals surface area (Å²) in [5.74, 6) is -2.99. The monoisotopic (exact) mass is 332 g/mol. The minimum absolute atomic E-state index is 0.111. The Bertz CT molecular complexity index is 675. The number of hydrogen-bond donors (Lipinski definition) is 1. The summed E-state index contributed by atoms with van der Waals surface area (Å²) in [6.07, 6.45) is 0.306. The molecule has 1 N–H and O–H groups in total. The molecule has 0 saturated heterocycles. The third kappa shape index (κ3) is 3.44. The lowest BCUT2D eigenvalue weighted by Crippen LogP contribution is -2.44. The lowest BCUT2D eigenvalue weighted by molar-refractivity contribution is -0.120. The maximum atomic E-state index is 13.6. The first-order valence-corrected chi connectivity index (χ1v) is 8.50. The molecule has 1 aliphatic carbocycles. The Labute approximate surface area is 128 Å². The van der Waals surface area contributed by atoms with Crippen LogP contribution in [0.25, 0.3) is 0 Å². The van der Waals surface area contributed by atoms with Gasteiger partial charge in [-0.3, -0.25) is 4.79 Å². The van der Waals surface area contributed by atoms with Crippen LogP contribution >= 0.6 is 0 Å². The molecule has 0 radical (unpaired) electrons. The fourth-order valence-electron chi connectivity index (χ4n) is 2.46. The molecule has 1 amide bonds. The summed E-state index contributed by atoms with van der Waals surface area (Å²) in [5, 5.41) is 0. The van der Waals surface area contributed by atoms with E-state index in [0.29, 0.717) is 6.42 Å². The highest BCUT2D eigenvalue weighted by atomic mass is 32.2. The van der Waals surface area contributed by atoms with Gasteiger partial charge in [0.05, 0.1) is 0 Å². The van der Waals surface area contributed by atoms with E-state index in [9.17, 15) is 22.0 Å². The first-order chi connectivity index (χ1) is 10.3. The van der Waals surface area contributed by atoms with E-state index in [1.165, 1.54) is 0 Å². The molecule has 22 heavy (non-hydrogen) atoms. The first-order valence-electron chi connectivity index (χ1n) is 7.06. The SMILES string of the molecule is CCN(CC)S(=O)(=O)NC(=O)[C@@H]1C[C@H]1c1cc(F)ccc1F. The molecular weight excluding hydrogens is 314 g/mol. The second-order valence-corrected chi connectivity index (χ2v) is 6.84. The second kappa shape index (κ2) is 6.29. The van der Waals surface area contributed by atoms with Crippen molar-refractivity contribution in [2.24, 2.45) is 5.92 Å². The molecular formula is C14H18F2N2O3S. The van der Waals surface area contributed by atoms with Gasteiger partial charge in [0.25, 0.3) is 0 Å². The van der Waals surface area contributed by atoms with Crippen LogP contribution in [-0.4, -0.2) is 31.7 Å².